The molecule has 0 aliphatic carbocycles. The van der Waals surface area contributed by atoms with Crippen LogP contribution in [0.3, 0.4) is 0 Å². The van der Waals surface area contributed by atoms with E-state index in [-0.39, 0.29) is 0 Å². The summed E-state index contributed by atoms with van der Waals surface area (Å²) < 4.78 is 1.77. The van der Waals surface area contributed by atoms with Crippen molar-refractivity contribution in [2.45, 2.75) is 20.4 Å². The molecule has 0 radical (unpaired) electrons. The van der Waals surface area contributed by atoms with Gasteiger partial charge in [-0.3, -0.25) is 4.68 Å². The van der Waals surface area contributed by atoms with Crippen LogP contribution in [0.15, 0.2) is 24.3 Å². The first-order valence-corrected chi connectivity index (χ1v) is 6.24. The predicted octanol–water partition coefficient (Wildman–Crippen LogP) is 2.55. The van der Waals surface area contributed by atoms with Gasteiger partial charge in [-0.25, -0.2) is 0 Å². The molecule has 1 heterocycles. The normalized spacial score (nSPS) is 10.3. The van der Waals surface area contributed by atoms with Crippen molar-refractivity contribution in [1.82, 2.24) is 9.78 Å². The van der Waals surface area contributed by atoms with Gasteiger partial charge in [0.25, 0.3) is 0 Å². The fraction of sp³-hybridized carbons (Fsp3) is 0.333. The Morgan fingerprint density at radius 2 is 2.00 bits per heavy atom. The lowest BCUT2D eigenvalue weighted by atomic mass is 10.1. The molecule has 1 aromatic carbocycles. The maximum Gasteiger partial charge on any atom is 0.145 e. The summed E-state index contributed by atoms with van der Waals surface area (Å²) in [4.78, 5) is 2.07. The molecule has 4 nitrogen and oxygen atoms in total. The fourth-order valence-electron chi connectivity index (χ4n) is 2.33. The molecule has 0 spiro atoms. The second-order valence-corrected chi connectivity index (χ2v) is 4.80. The van der Waals surface area contributed by atoms with Crippen LogP contribution in [0.5, 0.6) is 0 Å². The van der Waals surface area contributed by atoms with Gasteiger partial charge in [-0.05, 0) is 25.0 Å². The average Bonchev–Trinajstić information content (AvgIpc) is 2.66. The van der Waals surface area contributed by atoms with Crippen LogP contribution in [0.4, 0.5) is 5.82 Å². The highest BCUT2D eigenvalue weighted by molar-refractivity contribution is 5.56. The molecule has 4 heteroatoms. The number of aromatic nitrogens is 2. The molecule has 0 saturated heterocycles. The Labute approximate surface area is 113 Å². The molecule has 19 heavy (non-hydrogen) atoms. The lowest BCUT2D eigenvalue weighted by molar-refractivity contribution is 0.726. The SMILES string of the molecule is Cc1ccccc1CN(C)c1c(C#N)c(C)nn1C. The molecule has 98 valence electrons. The van der Waals surface area contributed by atoms with Crippen LogP contribution in [0.25, 0.3) is 0 Å². The fourth-order valence-corrected chi connectivity index (χ4v) is 2.33. The molecule has 0 unspecified atom stereocenters. The Morgan fingerprint density at radius 1 is 1.32 bits per heavy atom. The first kappa shape index (κ1) is 13.2. The summed E-state index contributed by atoms with van der Waals surface area (Å²) in [5, 5.41) is 13.6. The quantitative estimate of drug-likeness (QED) is 0.845. The van der Waals surface area contributed by atoms with Crippen molar-refractivity contribution in [3.8, 4) is 6.07 Å². The summed E-state index contributed by atoms with van der Waals surface area (Å²) in [7, 11) is 3.86. The van der Waals surface area contributed by atoms with Crippen molar-refractivity contribution in [2.24, 2.45) is 7.05 Å². The number of anilines is 1. The van der Waals surface area contributed by atoms with E-state index in [0.717, 1.165) is 18.1 Å². The molecule has 0 bridgehead atoms. The Balaban J connectivity index is 2.34. The first-order chi connectivity index (χ1) is 9.04. The zero-order chi connectivity index (χ0) is 14.0. The molecular weight excluding hydrogens is 236 g/mol. The van der Waals surface area contributed by atoms with Gasteiger partial charge in [0.05, 0.1) is 5.69 Å². The third-order valence-electron chi connectivity index (χ3n) is 3.33. The smallest absolute Gasteiger partial charge is 0.145 e. The van der Waals surface area contributed by atoms with Crippen LogP contribution >= 0.6 is 0 Å². The molecular formula is C15H18N4. The minimum Gasteiger partial charge on any atom is -0.354 e. The van der Waals surface area contributed by atoms with E-state index >= 15 is 0 Å². The van der Waals surface area contributed by atoms with Crippen molar-refractivity contribution >= 4 is 5.82 Å². The predicted molar refractivity (Wildman–Crippen MR) is 75.9 cm³/mol. The summed E-state index contributed by atoms with van der Waals surface area (Å²) in [5.41, 5.74) is 3.94. The lowest BCUT2D eigenvalue weighted by Gasteiger charge is -2.20. The highest BCUT2D eigenvalue weighted by Crippen LogP contribution is 2.23. The summed E-state index contributed by atoms with van der Waals surface area (Å²) in [6, 6.07) is 10.5. The van der Waals surface area contributed by atoms with Gasteiger partial charge in [0.2, 0.25) is 0 Å². The zero-order valence-electron chi connectivity index (χ0n) is 11.8. The number of rotatable bonds is 3. The van der Waals surface area contributed by atoms with Crippen molar-refractivity contribution in [3.63, 3.8) is 0 Å². The Morgan fingerprint density at radius 3 is 2.63 bits per heavy atom. The van der Waals surface area contributed by atoms with Crippen molar-refractivity contribution < 1.29 is 0 Å². The summed E-state index contributed by atoms with van der Waals surface area (Å²) >= 11 is 0. The maximum absolute atomic E-state index is 9.25. The number of nitrogens with zero attached hydrogens (tertiary/aromatic N) is 4. The average molecular weight is 254 g/mol. The van der Waals surface area contributed by atoms with Gasteiger partial charge in [-0.1, -0.05) is 24.3 Å². The standard InChI is InChI=1S/C15H18N4/c1-11-7-5-6-8-13(11)10-18(3)15-14(9-16)12(2)17-19(15)4/h5-8H,10H2,1-4H3. The molecule has 0 atom stereocenters. The van der Waals surface area contributed by atoms with Crippen molar-refractivity contribution in [3.05, 3.63) is 46.6 Å². The number of nitriles is 1. The largest absolute Gasteiger partial charge is 0.354 e. The van der Waals surface area contributed by atoms with Crippen molar-refractivity contribution in [1.29, 1.82) is 5.26 Å². The van der Waals surface area contributed by atoms with Gasteiger partial charge in [0.1, 0.15) is 17.5 Å². The van der Waals surface area contributed by atoms with Crippen molar-refractivity contribution in [2.75, 3.05) is 11.9 Å². The highest BCUT2D eigenvalue weighted by atomic mass is 15.4. The van der Waals surface area contributed by atoms with Crippen LogP contribution in [0, 0.1) is 25.2 Å². The molecule has 2 rings (SSSR count). The Hall–Kier alpha value is -2.28. The number of aryl methyl sites for hydroxylation is 3. The van der Waals surface area contributed by atoms with Crippen LogP contribution in [0.1, 0.15) is 22.4 Å². The third-order valence-corrected chi connectivity index (χ3v) is 3.33. The van der Waals surface area contributed by atoms with Gasteiger partial charge < -0.3 is 4.90 Å². The van der Waals surface area contributed by atoms with Crippen LogP contribution < -0.4 is 4.90 Å². The number of hydrogen-bond donors (Lipinski definition) is 0. The topological polar surface area (TPSA) is 44.9 Å². The summed E-state index contributed by atoms with van der Waals surface area (Å²) in [6.45, 7) is 4.73. The van der Waals surface area contributed by atoms with Gasteiger partial charge >= 0.3 is 0 Å². The van der Waals surface area contributed by atoms with Crippen LogP contribution in [0.2, 0.25) is 0 Å². The minimum absolute atomic E-state index is 0.651. The van der Waals surface area contributed by atoms with E-state index in [9.17, 15) is 5.26 Å². The van der Waals surface area contributed by atoms with E-state index in [1.807, 2.05) is 33.2 Å². The monoisotopic (exact) mass is 254 g/mol. The van der Waals surface area contributed by atoms with E-state index in [2.05, 4.69) is 35.1 Å². The van der Waals surface area contributed by atoms with Crippen LogP contribution in [-0.4, -0.2) is 16.8 Å². The summed E-state index contributed by atoms with van der Waals surface area (Å²) in [6.07, 6.45) is 0. The third kappa shape index (κ3) is 2.45. The van der Waals surface area contributed by atoms with Crippen LogP contribution in [-0.2, 0) is 13.6 Å². The molecule has 0 fully saturated rings. The maximum atomic E-state index is 9.25. The van der Waals surface area contributed by atoms with E-state index < -0.39 is 0 Å². The molecule has 0 N–H and O–H groups in total. The van der Waals surface area contributed by atoms with E-state index in [0.29, 0.717) is 5.56 Å². The molecule has 1 aromatic heterocycles. The molecule has 2 aromatic rings. The van der Waals surface area contributed by atoms with Gasteiger partial charge in [0, 0.05) is 20.6 Å². The second-order valence-electron chi connectivity index (χ2n) is 4.80. The second kappa shape index (κ2) is 5.15. The zero-order valence-corrected chi connectivity index (χ0v) is 11.8. The molecule has 0 saturated carbocycles. The highest BCUT2D eigenvalue weighted by Gasteiger charge is 2.17. The molecule has 0 aliphatic heterocycles. The molecule has 0 aliphatic rings. The minimum atomic E-state index is 0.651. The van der Waals surface area contributed by atoms with Gasteiger partial charge in [0.15, 0.2) is 0 Å². The van der Waals surface area contributed by atoms with E-state index in [1.165, 1.54) is 11.1 Å². The molecule has 0 amide bonds. The van der Waals surface area contributed by atoms with Gasteiger partial charge in [-0.15, -0.1) is 0 Å². The first-order valence-electron chi connectivity index (χ1n) is 6.24. The Bertz CT molecular complexity index is 634. The summed E-state index contributed by atoms with van der Waals surface area (Å²) in [5.74, 6) is 0.864. The number of benzene rings is 1. The Kier molecular flexibility index (Phi) is 3.57. The van der Waals surface area contributed by atoms with Gasteiger partial charge in [-0.2, -0.15) is 10.4 Å². The lowest BCUT2D eigenvalue weighted by Crippen LogP contribution is -2.20. The van der Waals surface area contributed by atoms with E-state index in [1.54, 1.807) is 4.68 Å². The van der Waals surface area contributed by atoms with E-state index in [4.69, 9.17) is 0 Å². The number of hydrogen-bond acceptors (Lipinski definition) is 3.